The van der Waals surface area contributed by atoms with Gasteiger partial charge in [-0.05, 0) is 41.8 Å². The maximum absolute atomic E-state index is 13.9. The van der Waals surface area contributed by atoms with E-state index in [0.29, 0.717) is 13.2 Å². The van der Waals surface area contributed by atoms with Crippen LogP contribution < -0.4 is 9.47 Å². The molecule has 1 fully saturated rings. The lowest BCUT2D eigenvalue weighted by Crippen LogP contribution is -2.42. The van der Waals surface area contributed by atoms with Gasteiger partial charge in [0, 0.05) is 19.6 Å². The molecular formula is C20H24FNO3. The van der Waals surface area contributed by atoms with Gasteiger partial charge >= 0.3 is 0 Å². The molecule has 2 aromatic rings. The predicted octanol–water partition coefficient (Wildman–Crippen LogP) is 3.29. The Morgan fingerprint density at radius 2 is 1.84 bits per heavy atom. The van der Waals surface area contributed by atoms with E-state index >= 15 is 0 Å². The number of rotatable bonds is 6. The molecular weight excluding hydrogens is 321 g/mol. The molecule has 1 atom stereocenters. The van der Waals surface area contributed by atoms with Crippen molar-refractivity contribution in [2.45, 2.75) is 19.1 Å². The molecule has 1 saturated heterocycles. The number of methoxy groups -OCH3 is 2. The summed E-state index contributed by atoms with van der Waals surface area (Å²) in [4.78, 5) is 2.30. The first-order valence-corrected chi connectivity index (χ1v) is 8.47. The third kappa shape index (κ3) is 4.71. The molecule has 25 heavy (non-hydrogen) atoms. The standard InChI is InChI=1S/C20H24FNO3/c1-23-17-6-3-15(4-7-17)11-18-14-22(9-10-25-18)13-16-5-8-20(24-2)19(21)12-16/h3-8,12,18H,9-11,13-14H2,1-2H3/t18-/m0/s1. The summed E-state index contributed by atoms with van der Waals surface area (Å²) in [7, 11) is 3.14. The van der Waals surface area contributed by atoms with Gasteiger partial charge in [0.25, 0.3) is 0 Å². The van der Waals surface area contributed by atoms with E-state index in [1.54, 1.807) is 19.2 Å². The zero-order valence-corrected chi connectivity index (χ0v) is 14.7. The normalized spacial score (nSPS) is 18.1. The molecule has 0 bridgehead atoms. The zero-order chi connectivity index (χ0) is 17.6. The van der Waals surface area contributed by atoms with Gasteiger partial charge < -0.3 is 14.2 Å². The van der Waals surface area contributed by atoms with Gasteiger partial charge in [0.1, 0.15) is 5.75 Å². The average molecular weight is 345 g/mol. The predicted molar refractivity (Wildman–Crippen MR) is 94.7 cm³/mol. The minimum atomic E-state index is -0.317. The van der Waals surface area contributed by atoms with E-state index < -0.39 is 0 Å². The fourth-order valence-corrected chi connectivity index (χ4v) is 3.14. The number of hydrogen-bond donors (Lipinski definition) is 0. The quantitative estimate of drug-likeness (QED) is 0.804. The van der Waals surface area contributed by atoms with Gasteiger partial charge in [-0.25, -0.2) is 4.39 Å². The summed E-state index contributed by atoms with van der Waals surface area (Å²) in [6.45, 7) is 3.09. The molecule has 0 aliphatic carbocycles. The molecule has 0 saturated carbocycles. The van der Waals surface area contributed by atoms with Crippen LogP contribution in [0.1, 0.15) is 11.1 Å². The number of nitrogens with zero attached hydrogens (tertiary/aromatic N) is 1. The van der Waals surface area contributed by atoms with E-state index in [4.69, 9.17) is 14.2 Å². The van der Waals surface area contributed by atoms with Gasteiger partial charge in [-0.1, -0.05) is 18.2 Å². The summed E-state index contributed by atoms with van der Waals surface area (Å²) in [5, 5.41) is 0. The zero-order valence-electron chi connectivity index (χ0n) is 14.7. The molecule has 2 aromatic carbocycles. The number of benzene rings is 2. The van der Waals surface area contributed by atoms with Crippen LogP contribution in [0.15, 0.2) is 42.5 Å². The summed E-state index contributed by atoms with van der Waals surface area (Å²) in [5.74, 6) is 0.822. The second-order valence-electron chi connectivity index (χ2n) is 6.25. The number of halogens is 1. The van der Waals surface area contributed by atoms with Crippen molar-refractivity contribution >= 4 is 0 Å². The van der Waals surface area contributed by atoms with E-state index in [0.717, 1.165) is 30.8 Å². The molecule has 4 nitrogen and oxygen atoms in total. The van der Waals surface area contributed by atoms with Crippen LogP contribution in [0.2, 0.25) is 0 Å². The SMILES string of the molecule is COc1ccc(C[C@H]2CN(Cc3ccc(OC)c(F)c3)CCO2)cc1. The molecule has 134 valence electrons. The van der Waals surface area contributed by atoms with Crippen molar-refractivity contribution in [1.82, 2.24) is 4.90 Å². The molecule has 0 aromatic heterocycles. The van der Waals surface area contributed by atoms with Crippen molar-refractivity contribution in [2.75, 3.05) is 33.9 Å². The van der Waals surface area contributed by atoms with Gasteiger partial charge in [0.2, 0.25) is 0 Å². The van der Waals surface area contributed by atoms with Gasteiger partial charge in [-0.3, -0.25) is 4.90 Å². The molecule has 0 amide bonds. The van der Waals surface area contributed by atoms with Crippen molar-refractivity contribution in [3.8, 4) is 11.5 Å². The van der Waals surface area contributed by atoms with Crippen molar-refractivity contribution in [1.29, 1.82) is 0 Å². The van der Waals surface area contributed by atoms with Crippen molar-refractivity contribution in [3.05, 3.63) is 59.4 Å². The van der Waals surface area contributed by atoms with Gasteiger partial charge in [0.15, 0.2) is 11.6 Å². The van der Waals surface area contributed by atoms with Crippen molar-refractivity contribution in [3.63, 3.8) is 0 Å². The van der Waals surface area contributed by atoms with Crippen molar-refractivity contribution in [2.24, 2.45) is 0 Å². The average Bonchev–Trinajstić information content (AvgIpc) is 2.63. The molecule has 0 N–H and O–H groups in total. The monoisotopic (exact) mass is 345 g/mol. The molecule has 5 heteroatoms. The van der Waals surface area contributed by atoms with E-state index in [1.807, 2.05) is 18.2 Å². The van der Waals surface area contributed by atoms with Crippen LogP contribution in [0.4, 0.5) is 4.39 Å². The Labute approximate surface area is 148 Å². The fraction of sp³-hybridized carbons (Fsp3) is 0.400. The Bertz CT molecular complexity index is 690. The first kappa shape index (κ1) is 17.7. The molecule has 1 heterocycles. The second-order valence-corrected chi connectivity index (χ2v) is 6.25. The first-order valence-electron chi connectivity index (χ1n) is 8.47. The molecule has 1 aliphatic rings. The Morgan fingerprint density at radius 3 is 2.52 bits per heavy atom. The van der Waals surface area contributed by atoms with E-state index in [9.17, 15) is 4.39 Å². The Hall–Kier alpha value is -2.11. The summed E-state index contributed by atoms with van der Waals surface area (Å²) < 4.78 is 29.9. The lowest BCUT2D eigenvalue weighted by molar-refractivity contribution is -0.0305. The third-order valence-corrected chi connectivity index (χ3v) is 4.47. The number of morpholine rings is 1. The Balaban J connectivity index is 1.57. The fourth-order valence-electron chi connectivity index (χ4n) is 3.14. The van der Waals surface area contributed by atoms with E-state index in [1.165, 1.54) is 12.7 Å². The van der Waals surface area contributed by atoms with Crippen LogP contribution in [-0.2, 0) is 17.7 Å². The lowest BCUT2D eigenvalue weighted by atomic mass is 10.1. The summed E-state index contributed by atoms with van der Waals surface area (Å²) in [6, 6.07) is 13.2. The second kappa shape index (κ2) is 8.32. The van der Waals surface area contributed by atoms with Gasteiger partial charge in [-0.2, -0.15) is 0 Å². The number of hydrogen-bond acceptors (Lipinski definition) is 4. The van der Waals surface area contributed by atoms with E-state index in [-0.39, 0.29) is 17.7 Å². The van der Waals surface area contributed by atoms with Gasteiger partial charge in [-0.15, -0.1) is 0 Å². The third-order valence-electron chi connectivity index (χ3n) is 4.47. The smallest absolute Gasteiger partial charge is 0.165 e. The highest BCUT2D eigenvalue weighted by molar-refractivity contribution is 5.29. The van der Waals surface area contributed by atoms with Crippen LogP contribution in [0.25, 0.3) is 0 Å². The van der Waals surface area contributed by atoms with Gasteiger partial charge in [0.05, 0.1) is 26.9 Å². The minimum absolute atomic E-state index is 0.144. The Morgan fingerprint density at radius 1 is 1.08 bits per heavy atom. The maximum atomic E-state index is 13.9. The molecule has 1 aliphatic heterocycles. The molecule has 0 unspecified atom stereocenters. The van der Waals surface area contributed by atoms with Crippen LogP contribution >= 0.6 is 0 Å². The summed E-state index contributed by atoms with van der Waals surface area (Å²) >= 11 is 0. The minimum Gasteiger partial charge on any atom is -0.497 e. The molecule has 3 rings (SSSR count). The highest BCUT2D eigenvalue weighted by Crippen LogP contribution is 2.20. The van der Waals surface area contributed by atoms with E-state index in [2.05, 4.69) is 17.0 Å². The van der Waals surface area contributed by atoms with Crippen LogP contribution in [-0.4, -0.2) is 44.9 Å². The molecule has 0 spiro atoms. The highest BCUT2D eigenvalue weighted by Gasteiger charge is 2.21. The first-order chi connectivity index (χ1) is 12.2. The topological polar surface area (TPSA) is 30.9 Å². The van der Waals surface area contributed by atoms with Crippen molar-refractivity contribution < 1.29 is 18.6 Å². The number of ether oxygens (including phenoxy) is 3. The largest absolute Gasteiger partial charge is 0.497 e. The van der Waals surface area contributed by atoms with Crippen LogP contribution in [0.5, 0.6) is 11.5 Å². The lowest BCUT2D eigenvalue weighted by Gasteiger charge is -2.33. The molecule has 0 radical (unpaired) electrons. The van der Waals surface area contributed by atoms with Crippen LogP contribution in [0, 0.1) is 5.82 Å². The Kier molecular flexibility index (Phi) is 5.89. The highest BCUT2D eigenvalue weighted by atomic mass is 19.1. The maximum Gasteiger partial charge on any atom is 0.165 e. The van der Waals surface area contributed by atoms with Crippen LogP contribution in [0.3, 0.4) is 0 Å². The summed E-state index contributed by atoms with van der Waals surface area (Å²) in [6.07, 6.45) is 1.00. The summed E-state index contributed by atoms with van der Waals surface area (Å²) in [5.41, 5.74) is 2.17.